The zero-order chi connectivity index (χ0) is 18.2. The number of hydrogen-bond acceptors (Lipinski definition) is 2. The molecule has 2 heterocycles. The summed E-state index contributed by atoms with van der Waals surface area (Å²) in [6, 6.07) is 2.21. The number of aromatic nitrogens is 2. The number of aromatic amines is 1. The van der Waals surface area contributed by atoms with Gasteiger partial charge in [-0.05, 0) is 55.1 Å². The van der Waals surface area contributed by atoms with Gasteiger partial charge in [-0.3, -0.25) is 9.78 Å². The summed E-state index contributed by atoms with van der Waals surface area (Å²) >= 11 is 0. The highest BCUT2D eigenvalue weighted by molar-refractivity contribution is 5.99. The fourth-order valence-corrected chi connectivity index (χ4v) is 4.06. The van der Waals surface area contributed by atoms with Crippen LogP contribution in [0.1, 0.15) is 80.7 Å². The van der Waals surface area contributed by atoms with Crippen molar-refractivity contribution in [2.45, 2.75) is 72.6 Å². The van der Waals surface area contributed by atoms with Crippen LogP contribution in [0.25, 0.3) is 11.0 Å². The van der Waals surface area contributed by atoms with Crippen molar-refractivity contribution in [3.05, 3.63) is 28.6 Å². The zero-order valence-electron chi connectivity index (χ0n) is 16.0. The van der Waals surface area contributed by atoms with Crippen molar-refractivity contribution in [1.29, 1.82) is 0 Å². The average Bonchev–Trinajstić information content (AvgIpc) is 2.89. The lowest BCUT2D eigenvalue weighted by Gasteiger charge is -2.34. The summed E-state index contributed by atoms with van der Waals surface area (Å²) in [4.78, 5) is 20.1. The summed E-state index contributed by atoms with van der Waals surface area (Å²) < 4.78 is 0. The highest BCUT2D eigenvalue weighted by Gasteiger charge is 2.30. The van der Waals surface area contributed by atoms with Gasteiger partial charge in [-0.15, -0.1) is 0 Å². The Bertz CT molecular complexity index is 783. The second kappa shape index (κ2) is 6.81. The third-order valence-electron chi connectivity index (χ3n) is 5.74. The number of amides is 1. The third kappa shape index (κ3) is 3.58. The van der Waals surface area contributed by atoms with Crippen LogP contribution in [0.5, 0.6) is 0 Å². The van der Waals surface area contributed by atoms with Gasteiger partial charge in [0.1, 0.15) is 5.69 Å². The Balaban J connectivity index is 2.01. The molecule has 1 unspecified atom stereocenters. The van der Waals surface area contributed by atoms with Crippen molar-refractivity contribution in [2.75, 3.05) is 0 Å². The van der Waals surface area contributed by atoms with Gasteiger partial charge < -0.3 is 10.7 Å². The first-order chi connectivity index (χ1) is 11.8. The molecule has 3 N–H and O–H groups in total. The van der Waals surface area contributed by atoms with Crippen LogP contribution >= 0.6 is 0 Å². The molecule has 1 aliphatic rings. The van der Waals surface area contributed by atoms with Crippen LogP contribution in [0.4, 0.5) is 0 Å². The van der Waals surface area contributed by atoms with E-state index in [0.29, 0.717) is 17.0 Å². The Morgan fingerprint density at radius 3 is 2.76 bits per heavy atom. The molecule has 4 heteroatoms. The molecule has 0 fully saturated rings. The minimum absolute atomic E-state index is 0.312. The Kier molecular flexibility index (Phi) is 4.90. The van der Waals surface area contributed by atoms with Gasteiger partial charge in [0.2, 0.25) is 0 Å². The van der Waals surface area contributed by atoms with Gasteiger partial charge in [-0.25, -0.2) is 0 Å². The first kappa shape index (κ1) is 18.0. The van der Waals surface area contributed by atoms with Crippen LogP contribution in [0, 0.1) is 11.3 Å². The molecule has 0 aromatic carbocycles. The SMILES string of the molecule is CCCCCc1c(C(N)=O)[nH]c2cc3c(nc12)CCC(C(C)(C)C)C3. The molecule has 2 aromatic rings. The normalized spacial score (nSPS) is 17.7. The number of carbonyl (C=O) groups is 1. The monoisotopic (exact) mass is 341 g/mol. The number of unbranched alkanes of at least 4 members (excludes halogenated alkanes) is 2. The fraction of sp³-hybridized carbons (Fsp3) is 0.619. The van der Waals surface area contributed by atoms with Crippen LogP contribution in [0.15, 0.2) is 6.07 Å². The van der Waals surface area contributed by atoms with Crippen LogP contribution in [0.2, 0.25) is 0 Å². The molecule has 3 rings (SSSR count). The molecule has 0 bridgehead atoms. The molecule has 1 amide bonds. The highest BCUT2D eigenvalue weighted by Crippen LogP contribution is 2.38. The summed E-state index contributed by atoms with van der Waals surface area (Å²) in [6.07, 6.45) is 7.52. The number of nitrogens with one attached hydrogen (secondary N) is 1. The molecule has 0 radical (unpaired) electrons. The van der Waals surface area contributed by atoms with Crippen molar-refractivity contribution in [3.8, 4) is 0 Å². The van der Waals surface area contributed by atoms with E-state index in [-0.39, 0.29) is 5.91 Å². The van der Waals surface area contributed by atoms with Gasteiger partial charge >= 0.3 is 0 Å². The smallest absolute Gasteiger partial charge is 0.265 e. The molecular weight excluding hydrogens is 310 g/mol. The van der Waals surface area contributed by atoms with Gasteiger partial charge in [-0.2, -0.15) is 0 Å². The van der Waals surface area contributed by atoms with Crippen molar-refractivity contribution in [2.24, 2.45) is 17.1 Å². The van der Waals surface area contributed by atoms with Crippen molar-refractivity contribution >= 4 is 16.9 Å². The number of rotatable bonds is 5. The van der Waals surface area contributed by atoms with E-state index >= 15 is 0 Å². The summed E-state index contributed by atoms with van der Waals surface area (Å²) in [5, 5.41) is 0. The number of hydrogen-bond donors (Lipinski definition) is 2. The van der Waals surface area contributed by atoms with Gasteiger partial charge in [0, 0.05) is 11.3 Å². The minimum atomic E-state index is -0.380. The first-order valence-corrected chi connectivity index (χ1v) is 9.64. The number of carbonyl (C=O) groups excluding carboxylic acids is 1. The summed E-state index contributed by atoms with van der Waals surface area (Å²) in [5.74, 6) is 0.295. The minimum Gasteiger partial charge on any atom is -0.364 e. The molecule has 2 aromatic heterocycles. The summed E-state index contributed by atoms with van der Waals surface area (Å²) in [7, 11) is 0. The Morgan fingerprint density at radius 1 is 1.36 bits per heavy atom. The van der Waals surface area contributed by atoms with E-state index in [4.69, 9.17) is 10.7 Å². The second-order valence-corrected chi connectivity index (χ2v) is 8.60. The van der Waals surface area contributed by atoms with Crippen LogP contribution in [-0.2, 0) is 19.3 Å². The fourth-order valence-electron chi connectivity index (χ4n) is 4.06. The Morgan fingerprint density at radius 2 is 2.12 bits per heavy atom. The van der Waals surface area contributed by atoms with E-state index in [1.807, 2.05) is 0 Å². The molecule has 0 aliphatic heterocycles. The van der Waals surface area contributed by atoms with Gasteiger partial charge in [0.25, 0.3) is 5.91 Å². The standard InChI is InChI=1S/C21H31N3O/c1-5-6-7-8-15-18-17(24-19(15)20(22)25)12-13-11-14(21(2,3)4)9-10-16(13)23-18/h12,14,24H,5-11H2,1-4H3,(H2,22,25). The predicted molar refractivity (Wildman–Crippen MR) is 103 cm³/mol. The van der Waals surface area contributed by atoms with Crippen LogP contribution in [0.3, 0.4) is 0 Å². The second-order valence-electron chi connectivity index (χ2n) is 8.60. The molecule has 25 heavy (non-hydrogen) atoms. The lowest BCUT2D eigenvalue weighted by Crippen LogP contribution is -2.27. The zero-order valence-corrected chi connectivity index (χ0v) is 16.0. The molecule has 1 atom stereocenters. The quantitative estimate of drug-likeness (QED) is 0.783. The largest absolute Gasteiger partial charge is 0.364 e. The number of nitrogens with two attached hydrogens (primary N) is 1. The van der Waals surface area contributed by atoms with E-state index in [2.05, 4.69) is 38.7 Å². The van der Waals surface area contributed by atoms with Crippen molar-refractivity contribution < 1.29 is 4.79 Å². The van der Waals surface area contributed by atoms with E-state index in [9.17, 15) is 4.79 Å². The van der Waals surface area contributed by atoms with E-state index in [1.54, 1.807) is 0 Å². The number of fused-ring (bicyclic) bond motifs is 2. The lowest BCUT2D eigenvalue weighted by molar-refractivity contribution is 0.0995. The maximum atomic E-state index is 11.9. The van der Waals surface area contributed by atoms with E-state index in [0.717, 1.165) is 55.1 Å². The Hall–Kier alpha value is -1.84. The van der Waals surface area contributed by atoms with Gasteiger partial charge in [-0.1, -0.05) is 40.5 Å². The van der Waals surface area contributed by atoms with Crippen LogP contribution in [-0.4, -0.2) is 15.9 Å². The topological polar surface area (TPSA) is 71.8 Å². The predicted octanol–water partition coefficient (Wildman–Crippen LogP) is 4.55. The molecule has 4 nitrogen and oxygen atoms in total. The van der Waals surface area contributed by atoms with Crippen molar-refractivity contribution in [3.63, 3.8) is 0 Å². The highest BCUT2D eigenvalue weighted by atomic mass is 16.1. The average molecular weight is 341 g/mol. The molecule has 0 spiro atoms. The van der Waals surface area contributed by atoms with Gasteiger partial charge in [0.15, 0.2) is 0 Å². The maximum absolute atomic E-state index is 11.9. The Labute approximate surface area is 150 Å². The number of aryl methyl sites for hydroxylation is 2. The van der Waals surface area contributed by atoms with Crippen LogP contribution < -0.4 is 5.73 Å². The lowest BCUT2D eigenvalue weighted by atomic mass is 9.71. The number of pyridine rings is 1. The molecule has 0 saturated carbocycles. The molecule has 1 aliphatic carbocycles. The first-order valence-electron chi connectivity index (χ1n) is 9.64. The van der Waals surface area contributed by atoms with E-state index < -0.39 is 0 Å². The molecule has 136 valence electrons. The maximum Gasteiger partial charge on any atom is 0.265 e. The molecule has 0 saturated heterocycles. The summed E-state index contributed by atoms with van der Waals surface area (Å²) in [6.45, 7) is 9.14. The van der Waals surface area contributed by atoms with E-state index in [1.165, 1.54) is 17.7 Å². The number of nitrogens with zero attached hydrogens (tertiary/aromatic N) is 1. The third-order valence-corrected chi connectivity index (χ3v) is 5.74. The number of H-pyrrole nitrogens is 1. The summed E-state index contributed by atoms with van der Waals surface area (Å²) in [5.41, 5.74) is 11.9. The van der Waals surface area contributed by atoms with Crippen molar-refractivity contribution in [1.82, 2.24) is 9.97 Å². The number of primary amides is 1. The molecular formula is C21H31N3O. The van der Waals surface area contributed by atoms with Gasteiger partial charge in [0.05, 0.1) is 11.0 Å².